The number of nitrogens with one attached hydrogen (secondary N) is 3. The Kier molecular flexibility index (Phi) is 6.25. The predicted molar refractivity (Wildman–Crippen MR) is 121 cm³/mol. The Labute approximate surface area is 190 Å². The number of H-pyrrole nitrogens is 1. The van der Waals surface area contributed by atoms with Crippen molar-refractivity contribution in [1.82, 2.24) is 25.2 Å². The highest BCUT2D eigenvalue weighted by molar-refractivity contribution is 5.95. The number of imidazole rings is 1. The molecule has 0 bridgehead atoms. The van der Waals surface area contributed by atoms with Crippen molar-refractivity contribution in [2.75, 3.05) is 19.0 Å². The van der Waals surface area contributed by atoms with Gasteiger partial charge in [0.1, 0.15) is 11.9 Å². The van der Waals surface area contributed by atoms with Crippen LogP contribution in [0.25, 0.3) is 11.2 Å². The third-order valence-corrected chi connectivity index (χ3v) is 5.41. The Morgan fingerprint density at radius 1 is 1.24 bits per heavy atom. The zero-order valence-electron chi connectivity index (χ0n) is 18.8. The molecule has 0 saturated heterocycles. The van der Waals surface area contributed by atoms with Crippen molar-refractivity contribution in [2.24, 2.45) is 0 Å². The molecule has 0 fully saturated rings. The quantitative estimate of drug-likeness (QED) is 0.489. The molecule has 10 nitrogen and oxygen atoms in total. The first-order chi connectivity index (χ1) is 15.8. The summed E-state index contributed by atoms with van der Waals surface area (Å²) < 4.78 is 4.98. The lowest BCUT2D eigenvalue weighted by molar-refractivity contribution is -0.146. The number of fused-ring (bicyclic) bond motifs is 2. The van der Waals surface area contributed by atoms with Crippen LogP contribution in [0.4, 0.5) is 5.69 Å². The van der Waals surface area contributed by atoms with Crippen molar-refractivity contribution < 1.29 is 19.1 Å². The Hall–Kier alpha value is -3.95. The number of aromatic nitrogens is 3. The van der Waals surface area contributed by atoms with Crippen LogP contribution in [0.2, 0.25) is 0 Å². The van der Waals surface area contributed by atoms with Crippen molar-refractivity contribution in [3.8, 4) is 0 Å². The molecule has 0 spiro atoms. The molecule has 2 aromatic heterocycles. The summed E-state index contributed by atoms with van der Waals surface area (Å²) >= 11 is 0. The van der Waals surface area contributed by atoms with Gasteiger partial charge in [-0.3, -0.25) is 14.4 Å². The summed E-state index contributed by atoms with van der Waals surface area (Å²) in [5.41, 5.74) is 4.25. The molecule has 0 unspecified atom stereocenters. The Balaban J connectivity index is 1.46. The monoisotopic (exact) mass is 450 g/mol. The van der Waals surface area contributed by atoms with Gasteiger partial charge in [0.15, 0.2) is 5.65 Å². The average Bonchev–Trinajstić information content (AvgIpc) is 3.14. The van der Waals surface area contributed by atoms with Crippen LogP contribution >= 0.6 is 0 Å². The highest BCUT2D eigenvalue weighted by atomic mass is 16.5. The lowest BCUT2D eigenvalue weighted by Gasteiger charge is -2.19. The fourth-order valence-electron chi connectivity index (χ4n) is 3.77. The standard InChI is InChI=1S/C23H26N6O4/c1-4-33-20(30)10-18-23(32)29(3)12-15-9-14(6-8-16(15)26-18)22(31)24-11-19-27-17-7-5-13(2)25-21(17)28-19/h5-9,18,26H,4,10-12H2,1-3H3,(H,24,31)(H,25,27,28)/t18-/m0/s1. The van der Waals surface area contributed by atoms with E-state index in [2.05, 4.69) is 25.6 Å². The maximum absolute atomic E-state index is 12.8. The highest BCUT2D eigenvalue weighted by Crippen LogP contribution is 2.25. The number of hydrogen-bond donors (Lipinski definition) is 3. The predicted octanol–water partition coefficient (Wildman–Crippen LogP) is 1.90. The molecular weight excluding hydrogens is 424 g/mol. The van der Waals surface area contributed by atoms with Crippen LogP contribution in [-0.4, -0.2) is 57.3 Å². The van der Waals surface area contributed by atoms with E-state index in [0.29, 0.717) is 29.3 Å². The number of benzene rings is 1. The molecule has 3 heterocycles. The van der Waals surface area contributed by atoms with Gasteiger partial charge in [-0.05, 0) is 49.7 Å². The van der Waals surface area contributed by atoms with Crippen LogP contribution in [-0.2, 0) is 27.4 Å². The van der Waals surface area contributed by atoms with Crippen molar-refractivity contribution in [3.63, 3.8) is 0 Å². The third kappa shape index (κ3) is 4.94. The van der Waals surface area contributed by atoms with Crippen LogP contribution in [0.5, 0.6) is 0 Å². The van der Waals surface area contributed by atoms with E-state index in [-0.39, 0.29) is 31.4 Å². The molecule has 1 aliphatic rings. The van der Waals surface area contributed by atoms with E-state index in [9.17, 15) is 14.4 Å². The molecule has 2 amide bonds. The highest BCUT2D eigenvalue weighted by Gasteiger charge is 2.29. The Morgan fingerprint density at radius 3 is 2.85 bits per heavy atom. The smallest absolute Gasteiger partial charge is 0.308 e. The zero-order valence-corrected chi connectivity index (χ0v) is 18.8. The molecule has 0 aliphatic carbocycles. The summed E-state index contributed by atoms with van der Waals surface area (Å²) in [7, 11) is 1.67. The molecule has 4 rings (SSSR count). The second-order valence-corrected chi connectivity index (χ2v) is 7.96. The number of amides is 2. The number of hydrogen-bond acceptors (Lipinski definition) is 7. The summed E-state index contributed by atoms with van der Waals surface area (Å²) in [5, 5.41) is 5.99. The summed E-state index contributed by atoms with van der Waals surface area (Å²) in [4.78, 5) is 50.8. The van der Waals surface area contributed by atoms with E-state index >= 15 is 0 Å². The maximum Gasteiger partial charge on any atom is 0.308 e. The molecule has 1 aliphatic heterocycles. The number of ether oxygens (including phenoxy) is 1. The summed E-state index contributed by atoms with van der Waals surface area (Å²) in [6, 6.07) is 8.26. The largest absolute Gasteiger partial charge is 0.466 e. The minimum absolute atomic E-state index is 0.0649. The number of aromatic amines is 1. The molecule has 1 aromatic carbocycles. The lowest BCUT2D eigenvalue weighted by atomic mass is 10.1. The first-order valence-corrected chi connectivity index (χ1v) is 10.7. The number of aryl methyl sites for hydroxylation is 1. The molecular formula is C23H26N6O4. The molecule has 10 heteroatoms. The number of rotatable bonds is 6. The second kappa shape index (κ2) is 9.27. The van der Waals surface area contributed by atoms with Crippen LogP contribution < -0.4 is 10.6 Å². The average molecular weight is 450 g/mol. The van der Waals surface area contributed by atoms with Gasteiger partial charge in [-0.2, -0.15) is 0 Å². The van der Waals surface area contributed by atoms with Crippen LogP contribution in [0, 0.1) is 6.92 Å². The van der Waals surface area contributed by atoms with Gasteiger partial charge in [0.05, 0.1) is 25.1 Å². The first-order valence-electron chi connectivity index (χ1n) is 10.7. The van der Waals surface area contributed by atoms with Crippen LogP contribution in [0.15, 0.2) is 30.3 Å². The van der Waals surface area contributed by atoms with Gasteiger partial charge in [0, 0.05) is 30.5 Å². The van der Waals surface area contributed by atoms with Crippen LogP contribution in [0.1, 0.15) is 40.8 Å². The number of carbonyl (C=O) groups is 3. The van der Waals surface area contributed by atoms with Crippen LogP contribution in [0.3, 0.4) is 0 Å². The second-order valence-electron chi connectivity index (χ2n) is 7.96. The van der Waals surface area contributed by atoms with Crippen molar-refractivity contribution >= 4 is 34.6 Å². The lowest BCUT2D eigenvalue weighted by Crippen LogP contribution is -2.39. The number of anilines is 1. The van der Waals surface area contributed by atoms with Gasteiger partial charge in [0.2, 0.25) is 5.91 Å². The van der Waals surface area contributed by atoms with E-state index < -0.39 is 12.0 Å². The van der Waals surface area contributed by atoms with E-state index in [0.717, 1.165) is 16.8 Å². The number of likely N-dealkylation sites (N-methyl/N-ethyl adjacent to an activating group) is 1. The third-order valence-electron chi connectivity index (χ3n) is 5.41. The van der Waals surface area contributed by atoms with Crippen molar-refractivity contribution in [1.29, 1.82) is 0 Å². The number of nitrogens with zero attached hydrogens (tertiary/aromatic N) is 3. The molecule has 33 heavy (non-hydrogen) atoms. The van der Waals surface area contributed by atoms with Gasteiger partial charge in [-0.1, -0.05) is 0 Å². The topological polar surface area (TPSA) is 129 Å². The van der Waals surface area contributed by atoms with E-state index in [1.165, 1.54) is 4.90 Å². The Morgan fingerprint density at radius 2 is 2.06 bits per heavy atom. The first kappa shape index (κ1) is 22.3. The molecule has 172 valence electrons. The van der Waals surface area contributed by atoms with Crippen molar-refractivity contribution in [3.05, 3.63) is 53.0 Å². The molecule has 0 radical (unpaired) electrons. The minimum Gasteiger partial charge on any atom is -0.466 e. The van der Waals surface area contributed by atoms with E-state index in [1.54, 1.807) is 32.2 Å². The summed E-state index contributed by atoms with van der Waals surface area (Å²) in [5.74, 6) is -0.296. The van der Waals surface area contributed by atoms with Gasteiger partial charge in [-0.15, -0.1) is 0 Å². The normalized spacial score (nSPS) is 15.5. The SMILES string of the molecule is CCOC(=O)C[C@@H]1Nc2ccc(C(=O)NCc3nc4nc(C)ccc4[nH]3)cc2CN(C)C1=O. The van der Waals surface area contributed by atoms with Crippen molar-refractivity contribution in [2.45, 2.75) is 39.4 Å². The summed E-state index contributed by atoms with van der Waals surface area (Å²) in [6.45, 7) is 4.42. The molecule has 1 atom stereocenters. The van der Waals surface area contributed by atoms with Gasteiger partial charge in [0.25, 0.3) is 5.91 Å². The Bertz CT molecular complexity index is 1220. The number of pyridine rings is 1. The molecule has 3 N–H and O–H groups in total. The van der Waals surface area contributed by atoms with Gasteiger partial charge < -0.3 is 25.3 Å². The molecule has 0 saturated carbocycles. The van der Waals surface area contributed by atoms with Gasteiger partial charge >= 0.3 is 5.97 Å². The molecule has 3 aromatic rings. The van der Waals surface area contributed by atoms with E-state index in [1.807, 2.05) is 19.1 Å². The maximum atomic E-state index is 12.8. The number of esters is 1. The number of carbonyl (C=O) groups excluding carboxylic acids is 3. The fraction of sp³-hybridized carbons (Fsp3) is 0.348. The van der Waals surface area contributed by atoms with E-state index in [4.69, 9.17) is 4.74 Å². The van der Waals surface area contributed by atoms with Gasteiger partial charge in [-0.25, -0.2) is 9.97 Å². The fourth-order valence-corrected chi connectivity index (χ4v) is 3.77. The summed E-state index contributed by atoms with van der Waals surface area (Å²) in [6.07, 6.45) is -0.0649. The zero-order chi connectivity index (χ0) is 23.5. The minimum atomic E-state index is -0.722.